The van der Waals surface area contributed by atoms with E-state index in [4.69, 9.17) is 0 Å². The number of Topliss-reactive ketones (excluding diaryl/α,β-unsaturated/α-hetero) is 2. The van der Waals surface area contributed by atoms with Crippen molar-refractivity contribution in [2.45, 2.75) is 18.3 Å². The zero-order valence-electron chi connectivity index (χ0n) is 20.8. The Balaban J connectivity index is 1.43. The second-order valence-electron chi connectivity index (χ2n) is 9.86. The average Bonchev–Trinajstić information content (AvgIpc) is 3.44. The molecule has 6 rings (SSSR count). The van der Waals surface area contributed by atoms with Gasteiger partial charge in [0.2, 0.25) is 11.8 Å². The fourth-order valence-electron chi connectivity index (χ4n) is 5.80. The predicted octanol–water partition coefficient (Wildman–Crippen LogP) is 5.08. The van der Waals surface area contributed by atoms with Gasteiger partial charge in [0.05, 0.1) is 29.1 Å². The van der Waals surface area contributed by atoms with Crippen molar-refractivity contribution in [3.8, 4) is 0 Å². The second kappa shape index (κ2) is 9.44. The van der Waals surface area contributed by atoms with Crippen LogP contribution >= 0.6 is 0 Å². The van der Waals surface area contributed by atoms with Crippen LogP contribution in [0.1, 0.15) is 26.3 Å². The van der Waals surface area contributed by atoms with Crippen molar-refractivity contribution in [1.82, 2.24) is 4.90 Å². The zero-order chi connectivity index (χ0) is 28.2. The van der Waals surface area contributed by atoms with Gasteiger partial charge in [-0.25, -0.2) is 4.90 Å². The fourth-order valence-corrected chi connectivity index (χ4v) is 5.80. The van der Waals surface area contributed by atoms with Crippen LogP contribution in [0.3, 0.4) is 0 Å². The van der Waals surface area contributed by atoms with E-state index in [9.17, 15) is 32.3 Å². The molecule has 0 bridgehead atoms. The number of carbonyl (C=O) groups is 4. The van der Waals surface area contributed by atoms with E-state index in [1.165, 1.54) is 6.07 Å². The molecule has 0 saturated carbocycles. The Morgan fingerprint density at radius 3 is 2.02 bits per heavy atom. The van der Waals surface area contributed by atoms with Crippen molar-refractivity contribution in [3.05, 3.63) is 126 Å². The number of nitrogens with zero attached hydrogens (tertiary/aromatic N) is 2. The Morgan fingerprint density at radius 1 is 0.750 bits per heavy atom. The first kappa shape index (κ1) is 25.5. The molecule has 40 heavy (non-hydrogen) atoms. The lowest BCUT2D eigenvalue weighted by atomic mass is 9.85. The van der Waals surface area contributed by atoms with Gasteiger partial charge in [-0.3, -0.25) is 19.2 Å². The van der Waals surface area contributed by atoms with Gasteiger partial charge >= 0.3 is 6.18 Å². The SMILES string of the molecule is O=C(C1=C[C@@H]2[C@@H]3C(=O)N(c4cccc(C(F)(F)F)c4)C(=O)[C@@H]3[C@H](C(=O)c3ccccc3)N2C=C1)c1ccccc1. The molecule has 3 aliphatic rings. The number of carbonyl (C=O) groups excluding carboxylic acids is 4. The molecular formula is C31H21F3N2O4. The normalized spacial score (nSPS) is 23.6. The van der Waals surface area contributed by atoms with E-state index in [2.05, 4.69) is 0 Å². The smallest absolute Gasteiger partial charge is 0.359 e. The van der Waals surface area contributed by atoms with E-state index in [1.807, 2.05) is 0 Å². The number of imide groups is 1. The van der Waals surface area contributed by atoms with Crippen molar-refractivity contribution in [3.63, 3.8) is 0 Å². The van der Waals surface area contributed by atoms with Crippen molar-refractivity contribution in [2.24, 2.45) is 11.8 Å². The molecule has 200 valence electrons. The van der Waals surface area contributed by atoms with E-state index in [0.717, 1.165) is 23.1 Å². The van der Waals surface area contributed by atoms with Gasteiger partial charge in [-0.15, -0.1) is 0 Å². The fraction of sp³-hybridized carbons (Fsp3) is 0.161. The van der Waals surface area contributed by atoms with Gasteiger partial charge in [-0.05, 0) is 24.3 Å². The number of alkyl halides is 3. The summed E-state index contributed by atoms with van der Waals surface area (Å²) in [7, 11) is 0. The Labute approximate surface area is 227 Å². The lowest BCUT2D eigenvalue weighted by Gasteiger charge is -2.33. The van der Waals surface area contributed by atoms with Crippen LogP contribution in [0.4, 0.5) is 18.9 Å². The second-order valence-corrected chi connectivity index (χ2v) is 9.86. The number of anilines is 1. The molecule has 3 heterocycles. The maximum Gasteiger partial charge on any atom is 0.416 e. The molecular weight excluding hydrogens is 521 g/mol. The van der Waals surface area contributed by atoms with Crippen LogP contribution in [-0.2, 0) is 15.8 Å². The number of ketones is 2. The molecule has 3 aromatic carbocycles. The third-order valence-electron chi connectivity index (χ3n) is 7.60. The van der Waals surface area contributed by atoms with Gasteiger partial charge in [0.25, 0.3) is 0 Å². The first-order chi connectivity index (χ1) is 19.2. The van der Waals surface area contributed by atoms with Gasteiger partial charge in [0, 0.05) is 22.9 Å². The van der Waals surface area contributed by atoms with E-state index in [-0.39, 0.29) is 17.0 Å². The van der Waals surface area contributed by atoms with Crippen LogP contribution in [0, 0.1) is 11.8 Å². The number of hydrogen-bond donors (Lipinski definition) is 0. The largest absolute Gasteiger partial charge is 0.416 e. The minimum atomic E-state index is -4.68. The van der Waals surface area contributed by atoms with Gasteiger partial charge < -0.3 is 4.90 Å². The minimum Gasteiger partial charge on any atom is -0.359 e. The van der Waals surface area contributed by atoms with Gasteiger partial charge in [0.1, 0.15) is 6.04 Å². The van der Waals surface area contributed by atoms with Crippen LogP contribution in [-0.4, -0.2) is 40.4 Å². The summed E-state index contributed by atoms with van der Waals surface area (Å²) in [6.45, 7) is 0. The molecule has 3 aliphatic heterocycles. The summed E-state index contributed by atoms with van der Waals surface area (Å²) in [6, 6.07) is 18.9. The molecule has 2 fully saturated rings. The predicted molar refractivity (Wildman–Crippen MR) is 139 cm³/mol. The van der Waals surface area contributed by atoms with Crippen molar-refractivity contribution < 1.29 is 32.3 Å². The van der Waals surface area contributed by atoms with Crippen LogP contribution in [0.2, 0.25) is 0 Å². The molecule has 6 nitrogen and oxygen atoms in total. The molecule has 0 unspecified atom stereocenters. The summed E-state index contributed by atoms with van der Waals surface area (Å²) in [5, 5.41) is 0. The lowest BCUT2D eigenvalue weighted by Crippen LogP contribution is -2.46. The van der Waals surface area contributed by atoms with Crippen LogP contribution in [0.5, 0.6) is 0 Å². The number of hydrogen-bond acceptors (Lipinski definition) is 5. The third kappa shape index (κ3) is 4.05. The van der Waals surface area contributed by atoms with Gasteiger partial charge in [-0.1, -0.05) is 72.8 Å². The van der Waals surface area contributed by atoms with Crippen molar-refractivity contribution >= 4 is 29.1 Å². The van der Waals surface area contributed by atoms with Crippen LogP contribution < -0.4 is 4.90 Å². The number of halogens is 3. The summed E-state index contributed by atoms with van der Waals surface area (Å²) < 4.78 is 40.3. The van der Waals surface area contributed by atoms with E-state index < -0.39 is 53.3 Å². The Hall–Kier alpha value is -4.79. The monoisotopic (exact) mass is 542 g/mol. The molecule has 0 radical (unpaired) electrons. The minimum absolute atomic E-state index is 0.215. The van der Waals surface area contributed by atoms with Gasteiger partial charge in [0.15, 0.2) is 11.6 Å². The standard InChI is InChI=1S/C31H21F3N2O4/c32-31(33,34)21-12-7-13-22(17-21)36-29(39)24-23-16-20(27(37)18-8-3-1-4-9-18)14-15-35(23)26(25(24)30(36)40)28(38)19-10-5-2-6-11-19/h1-17,23-26H/t23-,24+,25+,26-/m1/s1. The zero-order valence-corrected chi connectivity index (χ0v) is 20.8. The highest BCUT2D eigenvalue weighted by atomic mass is 19.4. The first-order valence-corrected chi connectivity index (χ1v) is 12.6. The summed E-state index contributed by atoms with van der Waals surface area (Å²) in [6.07, 6.45) is 0.00746. The van der Waals surface area contributed by atoms with Gasteiger partial charge in [-0.2, -0.15) is 13.2 Å². The number of rotatable bonds is 5. The molecule has 4 atom stereocenters. The quantitative estimate of drug-likeness (QED) is 0.332. The third-order valence-corrected chi connectivity index (χ3v) is 7.60. The molecule has 0 spiro atoms. The Kier molecular flexibility index (Phi) is 6.02. The number of amides is 2. The highest BCUT2D eigenvalue weighted by molar-refractivity contribution is 6.25. The highest BCUT2D eigenvalue weighted by Gasteiger charge is 2.63. The first-order valence-electron chi connectivity index (χ1n) is 12.6. The molecule has 9 heteroatoms. The summed E-state index contributed by atoms with van der Waals surface area (Å²) in [4.78, 5) is 57.0. The van der Waals surface area contributed by atoms with E-state index in [0.29, 0.717) is 11.1 Å². The lowest BCUT2D eigenvalue weighted by molar-refractivity contribution is -0.137. The van der Waals surface area contributed by atoms with E-state index in [1.54, 1.807) is 83.9 Å². The molecule has 0 aromatic heterocycles. The van der Waals surface area contributed by atoms with Crippen LogP contribution in [0.15, 0.2) is 109 Å². The highest BCUT2D eigenvalue weighted by Crippen LogP contribution is 2.47. The van der Waals surface area contributed by atoms with Crippen molar-refractivity contribution in [2.75, 3.05) is 4.90 Å². The molecule has 2 saturated heterocycles. The topological polar surface area (TPSA) is 74.8 Å². The van der Waals surface area contributed by atoms with E-state index >= 15 is 0 Å². The number of fused-ring (bicyclic) bond motifs is 3. The molecule has 3 aromatic rings. The maximum absolute atomic E-state index is 13.8. The average molecular weight is 543 g/mol. The van der Waals surface area contributed by atoms with Crippen molar-refractivity contribution in [1.29, 1.82) is 0 Å². The maximum atomic E-state index is 13.8. The molecule has 2 amide bonds. The summed E-state index contributed by atoms with van der Waals surface area (Å²) in [5.74, 6) is -4.41. The molecule has 0 N–H and O–H groups in total. The number of allylic oxidation sites excluding steroid dienone is 2. The Bertz CT molecular complexity index is 1600. The number of benzene rings is 3. The van der Waals surface area contributed by atoms with Crippen LogP contribution in [0.25, 0.3) is 0 Å². The molecule has 0 aliphatic carbocycles. The Morgan fingerprint density at radius 2 is 1.38 bits per heavy atom. The summed E-state index contributed by atoms with van der Waals surface area (Å²) in [5.41, 5.74) is -0.173. The summed E-state index contributed by atoms with van der Waals surface area (Å²) >= 11 is 0.